The molecule has 2 unspecified atom stereocenters. The van der Waals surface area contributed by atoms with Crippen molar-refractivity contribution in [3.8, 4) is 11.1 Å². The molecule has 2 atom stereocenters. The second-order valence-corrected chi connectivity index (χ2v) is 8.48. The van der Waals surface area contributed by atoms with Gasteiger partial charge in [0.05, 0.1) is 5.69 Å². The Morgan fingerprint density at radius 3 is 2.54 bits per heavy atom. The molecule has 2 nitrogen and oxygen atoms in total. The third-order valence-corrected chi connectivity index (χ3v) is 6.95. The number of halogens is 1. The highest BCUT2D eigenvalue weighted by molar-refractivity contribution is 6.33. The van der Waals surface area contributed by atoms with Gasteiger partial charge in [-0.1, -0.05) is 35.9 Å². The fourth-order valence-electron chi connectivity index (χ4n) is 5.74. The Hall–Kier alpha value is -1.38. The van der Waals surface area contributed by atoms with Gasteiger partial charge < -0.3 is 5.32 Å². The van der Waals surface area contributed by atoms with Crippen LogP contribution in [0.4, 0.5) is 0 Å². The van der Waals surface area contributed by atoms with Crippen LogP contribution in [-0.4, -0.2) is 10.5 Å². The van der Waals surface area contributed by atoms with E-state index in [0.29, 0.717) is 5.54 Å². The van der Waals surface area contributed by atoms with Gasteiger partial charge in [-0.15, -0.1) is 0 Å². The Morgan fingerprint density at radius 2 is 1.83 bits per heavy atom. The first-order valence-electron chi connectivity index (χ1n) is 9.17. The number of nitrogens with zero attached hydrogens (tertiary/aromatic N) is 1. The molecule has 4 saturated carbocycles. The standard InChI is InChI=1S/C21H23ClN2/c22-20-4-2-1-3-19(20)16-5-6-18(23-12-16)13-24-21-10-14-7-15(11-21)9-17(21)8-14/h1-6,12,14-15,17,24H,7-11,13H2. The van der Waals surface area contributed by atoms with Gasteiger partial charge in [0, 0.05) is 34.4 Å². The van der Waals surface area contributed by atoms with Gasteiger partial charge in [0.25, 0.3) is 0 Å². The summed E-state index contributed by atoms with van der Waals surface area (Å²) < 4.78 is 0. The average molecular weight is 339 g/mol. The summed E-state index contributed by atoms with van der Waals surface area (Å²) in [6.07, 6.45) is 9.15. The second-order valence-electron chi connectivity index (χ2n) is 8.07. The van der Waals surface area contributed by atoms with Crippen LogP contribution in [0, 0.1) is 17.8 Å². The Morgan fingerprint density at radius 1 is 1.04 bits per heavy atom. The number of nitrogens with one attached hydrogen (secondary N) is 1. The summed E-state index contributed by atoms with van der Waals surface area (Å²) in [7, 11) is 0. The van der Waals surface area contributed by atoms with E-state index in [0.717, 1.165) is 46.1 Å². The van der Waals surface area contributed by atoms with Gasteiger partial charge in [0.1, 0.15) is 0 Å². The third kappa shape index (κ3) is 2.39. The van der Waals surface area contributed by atoms with Crippen LogP contribution in [0.15, 0.2) is 42.6 Å². The minimum absolute atomic E-state index is 0.427. The van der Waals surface area contributed by atoms with Gasteiger partial charge in [-0.2, -0.15) is 0 Å². The lowest BCUT2D eigenvalue weighted by Gasteiger charge is -2.34. The molecule has 4 aliphatic carbocycles. The van der Waals surface area contributed by atoms with Gasteiger partial charge in [0.15, 0.2) is 0 Å². The first-order valence-corrected chi connectivity index (χ1v) is 9.54. The minimum Gasteiger partial charge on any atom is -0.305 e. The zero-order chi connectivity index (χ0) is 16.1. The minimum atomic E-state index is 0.427. The molecule has 4 bridgehead atoms. The molecule has 0 radical (unpaired) electrons. The van der Waals surface area contributed by atoms with Gasteiger partial charge in [-0.05, 0) is 62.0 Å². The quantitative estimate of drug-likeness (QED) is 0.841. The van der Waals surface area contributed by atoms with Crippen LogP contribution in [0.3, 0.4) is 0 Å². The second kappa shape index (κ2) is 5.57. The van der Waals surface area contributed by atoms with Crippen LogP contribution in [0.5, 0.6) is 0 Å². The zero-order valence-electron chi connectivity index (χ0n) is 13.8. The molecule has 0 amide bonds. The molecule has 1 aromatic carbocycles. The van der Waals surface area contributed by atoms with Crippen molar-refractivity contribution in [1.82, 2.24) is 10.3 Å². The molecule has 24 heavy (non-hydrogen) atoms. The Balaban J connectivity index is 1.30. The topological polar surface area (TPSA) is 24.9 Å². The number of aromatic nitrogens is 1. The van der Waals surface area contributed by atoms with Crippen molar-refractivity contribution >= 4 is 11.6 Å². The summed E-state index contributed by atoms with van der Waals surface area (Å²) in [6.45, 7) is 0.888. The lowest BCUT2D eigenvalue weighted by molar-refractivity contribution is 0.232. The van der Waals surface area contributed by atoms with Gasteiger partial charge >= 0.3 is 0 Å². The maximum atomic E-state index is 6.28. The highest BCUT2D eigenvalue weighted by Gasteiger charge is 2.57. The molecule has 4 aliphatic rings. The summed E-state index contributed by atoms with van der Waals surface area (Å²) in [5, 5.41) is 4.70. The summed E-state index contributed by atoms with van der Waals surface area (Å²) in [6, 6.07) is 12.2. The number of pyridine rings is 1. The molecular formula is C21H23ClN2. The molecule has 3 heteroatoms. The molecule has 0 saturated heterocycles. The van der Waals surface area contributed by atoms with Crippen LogP contribution in [0.1, 0.15) is 37.8 Å². The third-order valence-electron chi connectivity index (χ3n) is 6.62. The average Bonchev–Trinajstić information content (AvgIpc) is 2.98. The number of rotatable bonds is 4. The fraction of sp³-hybridized carbons (Fsp3) is 0.476. The van der Waals surface area contributed by atoms with Crippen LogP contribution in [0.2, 0.25) is 5.02 Å². The van der Waals surface area contributed by atoms with E-state index in [4.69, 9.17) is 11.6 Å². The van der Waals surface area contributed by atoms with Crippen LogP contribution >= 0.6 is 11.6 Å². The molecule has 1 aromatic heterocycles. The van der Waals surface area contributed by atoms with Crippen molar-refractivity contribution in [3.05, 3.63) is 53.3 Å². The van der Waals surface area contributed by atoms with Crippen molar-refractivity contribution in [2.45, 2.75) is 44.2 Å². The van der Waals surface area contributed by atoms with E-state index < -0.39 is 0 Å². The van der Waals surface area contributed by atoms with E-state index in [1.807, 2.05) is 30.5 Å². The van der Waals surface area contributed by atoms with Crippen LogP contribution in [0.25, 0.3) is 11.1 Å². The molecule has 4 fully saturated rings. The van der Waals surface area contributed by atoms with E-state index in [2.05, 4.69) is 22.4 Å². The number of benzene rings is 1. The molecule has 2 aromatic rings. The molecule has 6 rings (SSSR count). The molecule has 124 valence electrons. The maximum Gasteiger partial charge on any atom is 0.0542 e. The summed E-state index contributed by atoms with van der Waals surface area (Å²) in [5.41, 5.74) is 3.70. The Bertz CT molecular complexity index is 741. The largest absolute Gasteiger partial charge is 0.305 e. The highest BCUT2D eigenvalue weighted by atomic mass is 35.5. The lowest BCUT2D eigenvalue weighted by Crippen LogP contribution is -2.45. The van der Waals surface area contributed by atoms with Gasteiger partial charge in [0.2, 0.25) is 0 Å². The van der Waals surface area contributed by atoms with Crippen molar-refractivity contribution in [2.24, 2.45) is 17.8 Å². The van der Waals surface area contributed by atoms with E-state index in [1.165, 1.54) is 32.1 Å². The first kappa shape index (κ1) is 14.9. The first-order chi connectivity index (χ1) is 11.7. The molecular weight excluding hydrogens is 316 g/mol. The van der Waals surface area contributed by atoms with Crippen molar-refractivity contribution in [1.29, 1.82) is 0 Å². The van der Waals surface area contributed by atoms with Crippen LogP contribution in [-0.2, 0) is 6.54 Å². The fourth-order valence-corrected chi connectivity index (χ4v) is 5.98. The number of hydrogen-bond acceptors (Lipinski definition) is 2. The van der Waals surface area contributed by atoms with Gasteiger partial charge in [-0.3, -0.25) is 4.98 Å². The monoisotopic (exact) mass is 338 g/mol. The summed E-state index contributed by atoms with van der Waals surface area (Å²) >= 11 is 6.28. The molecule has 1 heterocycles. The zero-order valence-corrected chi connectivity index (χ0v) is 14.6. The number of hydrogen-bond donors (Lipinski definition) is 1. The van der Waals surface area contributed by atoms with Crippen molar-refractivity contribution < 1.29 is 0 Å². The van der Waals surface area contributed by atoms with Crippen LogP contribution < -0.4 is 5.32 Å². The Labute approximate surface area is 148 Å². The van der Waals surface area contributed by atoms with Gasteiger partial charge in [-0.25, -0.2) is 0 Å². The van der Waals surface area contributed by atoms with E-state index >= 15 is 0 Å². The summed E-state index contributed by atoms with van der Waals surface area (Å²) in [4.78, 5) is 4.68. The van der Waals surface area contributed by atoms with E-state index in [1.54, 1.807) is 0 Å². The molecule has 1 N–H and O–H groups in total. The molecule has 0 spiro atoms. The summed E-state index contributed by atoms with van der Waals surface area (Å²) in [5.74, 6) is 2.90. The predicted molar refractivity (Wildman–Crippen MR) is 97.8 cm³/mol. The maximum absolute atomic E-state index is 6.28. The Kier molecular flexibility index (Phi) is 3.46. The normalized spacial score (nSPS) is 33.3. The van der Waals surface area contributed by atoms with E-state index in [-0.39, 0.29) is 0 Å². The predicted octanol–water partition coefficient (Wildman–Crippen LogP) is 5.07. The van der Waals surface area contributed by atoms with Crippen molar-refractivity contribution in [3.63, 3.8) is 0 Å². The van der Waals surface area contributed by atoms with E-state index in [9.17, 15) is 0 Å². The molecule has 0 aliphatic heterocycles. The highest BCUT2D eigenvalue weighted by Crippen LogP contribution is 2.60. The lowest BCUT2D eigenvalue weighted by atomic mass is 9.80. The van der Waals surface area contributed by atoms with Crippen molar-refractivity contribution in [2.75, 3.05) is 0 Å². The SMILES string of the molecule is Clc1ccccc1-c1ccc(CNC23CC4CC(CC2C4)C3)nc1. The smallest absolute Gasteiger partial charge is 0.0542 e.